The number of alkyl halides is 2. The van der Waals surface area contributed by atoms with Crippen molar-refractivity contribution in [3.05, 3.63) is 35.8 Å². The molecule has 1 heterocycles. The van der Waals surface area contributed by atoms with Crippen molar-refractivity contribution in [3.63, 3.8) is 0 Å². The van der Waals surface area contributed by atoms with Gasteiger partial charge in [-0.2, -0.15) is 0 Å². The van der Waals surface area contributed by atoms with Crippen molar-refractivity contribution in [2.75, 3.05) is 14.1 Å². The van der Waals surface area contributed by atoms with Crippen LogP contribution in [0.25, 0.3) is 11.3 Å². The minimum absolute atomic E-state index is 0.0582. The highest BCUT2D eigenvalue weighted by Gasteiger charge is 2.21. The largest absolute Gasteiger partial charge is 0.356 e. The van der Waals surface area contributed by atoms with Crippen LogP contribution in [-0.2, 0) is 0 Å². The van der Waals surface area contributed by atoms with E-state index in [-0.39, 0.29) is 21.5 Å². The zero-order chi connectivity index (χ0) is 15.6. The van der Waals surface area contributed by atoms with E-state index < -0.39 is 17.9 Å². The van der Waals surface area contributed by atoms with Crippen LogP contribution >= 0.6 is 11.8 Å². The first kappa shape index (κ1) is 15.4. The lowest BCUT2D eigenvalue weighted by molar-refractivity contribution is 0.140. The van der Waals surface area contributed by atoms with Gasteiger partial charge in [-0.25, -0.2) is 13.2 Å². The van der Waals surface area contributed by atoms with Gasteiger partial charge in [-0.15, -0.1) is 0 Å². The molecule has 0 atom stereocenters. The Bertz CT molecular complexity index is 659. The molecule has 0 N–H and O–H groups in total. The molecule has 0 spiro atoms. The first-order valence-corrected chi connectivity index (χ1v) is 6.64. The average Bonchev–Trinajstić information content (AvgIpc) is 2.88. The Hall–Kier alpha value is -1.96. The Labute approximate surface area is 122 Å². The van der Waals surface area contributed by atoms with Crippen LogP contribution in [0.5, 0.6) is 0 Å². The monoisotopic (exact) mass is 316 g/mol. The second-order valence-electron chi connectivity index (χ2n) is 4.29. The number of carbonyl (C=O) groups is 1. The molecule has 0 aliphatic heterocycles. The van der Waals surface area contributed by atoms with Crippen LogP contribution in [0.2, 0.25) is 0 Å². The maximum absolute atomic E-state index is 14.0. The van der Waals surface area contributed by atoms with Crippen LogP contribution in [-0.4, -0.2) is 29.4 Å². The van der Waals surface area contributed by atoms with Crippen LogP contribution in [0.1, 0.15) is 12.1 Å². The first-order chi connectivity index (χ1) is 9.90. The number of amides is 1. The van der Waals surface area contributed by atoms with Gasteiger partial charge in [0.25, 0.3) is 11.7 Å². The number of benzene rings is 1. The molecule has 1 amide bonds. The van der Waals surface area contributed by atoms with Crippen molar-refractivity contribution < 1.29 is 22.5 Å². The molecule has 0 aliphatic carbocycles. The molecule has 2 aromatic rings. The summed E-state index contributed by atoms with van der Waals surface area (Å²) in [5.41, 5.74) is -0.639. The smallest absolute Gasteiger partial charge is 0.285 e. The van der Waals surface area contributed by atoms with E-state index in [1.54, 1.807) is 14.1 Å². The summed E-state index contributed by atoms with van der Waals surface area (Å²) in [7, 11) is 3.11. The zero-order valence-corrected chi connectivity index (χ0v) is 12.0. The molecule has 1 aromatic carbocycles. The van der Waals surface area contributed by atoms with Gasteiger partial charge in [-0.1, -0.05) is 11.2 Å². The summed E-state index contributed by atoms with van der Waals surface area (Å²) in [6, 6.07) is 5.06. The molecule has 0 saturated carbocycles. The fraction of sp³-hybridized carbons (Fsp3) is 0.231. The molecule has 0 bridgehead atoms. The lowest BCUT2D eigenvalue weighted by Crippen LogP contribution is -2.16. The predicted molar refractivity (Wildman–Crippen MR) is 71.8 cm³/mol. The minimum atomic E-state index is -2.81. The molecule has 0 fully saturated rings. The third kappa shape index (κ3) is 3.38. The lowest BCUT2D eigenvalue weighted by Gasteiger charge is -2.11. The van der Waals surface area contributed by atoms with Gasteiger partial charge in [0, 0.05) is 25.1 Å². The molecule has 21 heavy (non-hydrogen) atoms. The van der Waals surface area contributed by atoms with Crippen molar-refractivity contribution in [3.8, 4) is 11.3 Å². The third-order valence-corrected chi connectivity index (χ3v) is 3.64. The van der Waals surface area contributed by atoms with Crippen LogP contribution in [0.4, 0.5) is 18.0 Å². The lowest BCUT2D eigenvalue weighted by atomic mass is 10.1. The molecular weight excluding hydrogens is 305 g/mol. The number of carbonyl (C=O) groups excluding carboxylic acids is 1. The van der Waals surface area contributed by atoms with E-state index in [4.69, 9.17) is 4.52 Å². The number of rotatable bonds is 3. The fourth-order valence-corrected chi connectivity index (χ4v) is 2.34. The molecule has 0 aliphatic rings. The Kier molecular flexibility index (Phi) is 4.56. The number of halogens is 3. The highest BCUT2D eigenvalue weighted by molar-refractivity contribution is 8.13. The van der Waals surface area contributed by atoms with Crippen LogP contribution in [0.15, 0.2) is 33.7 Å². The van der Waals surface area contributed by atoms with Crippen molar-refractivity contribution in [1.29, 1.82) is 0 Å². The summed E-state index contributed by atoms with van der Waals surface area (Å²) >= 11 is 0.777. The number of hydrogen-bond acceptors (Lipinski definition) is 4. The normalized spacial score (nSPS) is 11.0. The molecular formula is C13H11F3N2O2S. The van der Waals surface area contributed by atoms with Gasteiger partial charge in [0.2, 0.25) is 0 Å². The van der Waals surface area contributed by atoms with Gasteiger partial charge < -0.3 is 9.42 Å². The summed E-state index contributed by atoms with van der Waals surface area (Å²) < 4.78 is 43.8. The van der Waals surface area contributed by atoms with Crippen LogP contribution in [0, 0.1) is 5.82 Å². The van der Waals surface area contributed by atoms with Gasteiger partial charge in [-0.3, -0.25) is 4.79 Å². The maximum atomic E-state index is 14.0. The number of hydrogen-bond donors (Lipinski definition) is 0. The second-order valence-corrected chi connectivity index (χ2v) is 5.29. The second kappa shape index (κ2) is 6.21. The quantitative estimate of drug-likeness (QED) is 0.797. The molecule has 1 aromatic heterocycles. The zero-order valence-electron chi connectivity index (χ0n) is 11.1. The van der Waals surface area contributed by atoms with E-state index in [1.165, 1.54) is 17.0 Å². The first-order valence-electron chi connectivity index (χ1n) is 5.83. The summed E-state index contributed by atoms with van der Waals surface area (Å²) in [4.78, 5) is 13.3. The van der Waals surface area contributed by atoms with Crippen molar-refractivity contribution in [1.82, 2.24) is 10.1 Å². The van der Waals surface area contributed by atoms with Crippen molar-refractivity contribution in [2.24, 2.45) is 0 Å². The SMILES string of the molecule is CN(C)C(=O)Sc1cccc(F)c1-c1cc(C(F)F)no1. The summed E-state index contributed by atoms with van der Waals surface area (Å²) in [5, 5.41) is 2.87. The van der Waals surface area contributed by atoms with E-state index in [9.17, 15) is 18.0 Å². The highest BCUT2D eigenvalue weighted by Crippen LogP contribution is 2.36. The standard InChI is InChI=1S/C13H11F3N2O2S/c1-18(2)13(19)21-10-5-3-4-7(14)11(10)9-6-8(12(15)16)17-20-9/h3-6,12H,1-2H3. The Morgan fingerprint density at radius 3 is 2.67 bits per heavy atom. The number of nitrogens with zero attached hydrogens (tertiary/aromatic N) is 2. The molecule has 0 saturated heterocycles. The van der Waals surface area contributed by atoms with E-state index in [1.807, 2.05) is 0 Å². The predicted octanol–water partition coefficient (Wildman–Crippen LogP) is 4.19. The third-order valence-electron chi connectivity index (χ3n) is 2.54. The van der Waals surface area contributed by atoms with Crippen LogP contribution < -0.4 is 0 Å². The van der Waals surface area contributed by atoms with Crippen molar-refractivity contribution in [2.45, 2.75) is 11.3 Å². The van der Waals surface area contributed by atoms with E-state index in [0.29, 0.717) is 0 Å². The topological polar surface area (TPSA) is 46.3 Å². The van der Waals surface area contributed by atoms with Crippen LogP contribution in [0.3, 0.4) is 0 Å². The Morgan fingerprint density at radius 2 is 2.10 bits per heavy atom. The summed E-state index contributed by atoms with van der Waals surface area (Å²) in [6.45, 7) is 0. The Balaban J connectivity index is 2.44. The molecule has 4 nitrogen and oxygen atoms in total. The maximum Gasteiger partial charge on any atom is 0.285 e. The molecule has 112 valence electrons. The number of thioether (sulfide) groups is 1. The molecule has 2 rings (SSSR count). The van der Waals surface area contributed by atoms with Gasteiger partial charge in [-0.05, 0) is 23.9 Å². The Morgan fingerprint density at radius 1 is 1.38 bits per heavy atom. The highest BCUT2D eigenvalue weighted by atomic mass is 32.2. The molecule has 8 heteroatoms. The van der Waals surface area contributed by atoms with Gasteiger partial charge in [0.1, 0.15) is 11.5 Å². The number of aromatic nitrogens is 1. The van der Waals surface area contributed by atoms with E-state index in [2.05, 4.69) is 5.16 Å². The summed E-state index contributed by atoms with van der Waals surface area (Å²) in [5.74, 6) is -0.819. The van der Waals surface area contributed by atoms with Crippen molar-refractivity contribution >= 4 is 17.0 Å². The molecule has 0 radical (unpaired) electrons. The fourth-order valence-electron chi connectivity index (χ4n) is 1.52. The average molecular weight is 316 g/mol. The van der Waals surface area contributed by atoms with Gasteiger partial charge >= 0.3 is 0 Å². The van der Waals surface area contributed by atoms with Gasteiger partial charge in [0.15, 0.2) is 5.76 Å². The minimum Gasteiger partial charge on any atom is -0.356 e. The van der Waals surface area contributed by atoms with E-state index >= 15 is 0 Å². The molecule has 0 unspecified atom stereocenters. The van der Waals surface area contributed by atoms with Gasteiger partial charge in [0.05, 0.1) is 5.56 Å². The summed E-state index contributed by atoms with van der Waals surface area (Å²) in [6.07, 6.45) is -2.81. The van der Waals surface area contributed by atoms with E-state index in [0.717, 1.165) is 23.9 Å².